The Balaban J connectivity index is 1.69. The van der Waals surface area contributed by atoms with Gasteiger partial charge < -0.3 is 14.6 Å². The van der Waals surface area contributed by atoms with Crippen molar-refractivity contribution in [3.8, 4) is 17.1 Å². The quantitative estimate of drug-likeness (QED) is 0.716. The lowest BCUT2D eigenvalue weighted by Crippen LogP contribution is -2.40. The second-order valence-corrected chi connectivity index (χ2v) is 9.97. The summed E-state index contributed by atoms with van der Waals surface area (Å²) in [5, 5.41) is 11.4. The maximum atomic E-state index is 12.4. The van der Waals surface area contributed by atoms with Gasteiger partial charge in [0.1, 0.15) is 5.75 Å². The number of methoxy groups -OCH3 is 1. The molecule has 27 heavy (non-hydrogen) atoms. The first kappa shape index (κ1) is 19.7. The number of carbonyl (C=O) groups is 1. The topological polar surface area (TPSA) is 103 Å². The number of para-hydroxylation sites is 1. The number of carbonyl (C=O) groups excluding carboxylic acids is 1. The van der Waals surface area contributed by atoms with Crippen LogP contribution in [0, 0.1) is 0 Å². The van der Waals surface area contributed by atoms with Gasteiger partial charge in [-0.1, -0.05) is 23.9 Å². The Morgan fingerprint density at radius 3 is 2.78 bits per heavy atom. The smallest absolute Gasteiger partial charge is 0.233 e. The van der Waals surface area contributed by atoms with Crippen molar-refractivity contribution in [3.05, 3.63) is 24.3 Å². The highest BCUT2D eigenvalue weighted by molar-refractivity contribution is 8.00. The molecule has 10 heteroatoms. The van der Waals surface area contributed by atoms with Gasteiger partial charge in [0.05, 0.1) is 29.4 Å². The molecule has 3 rings (SSSR count). The Hall–Kier alpha value is -2.07. The molecule has 0 saturated carbocycles. The van der Waals surface area contributed by atoms with Crippen LogP contribution in [0.3, 0.4) is 0 Å². The standard InChI is InChI=1S/C17H22N4O4S2/c1-11(16(22)18-12-8-9-27(23,24)10-12)26-17-20-19-15(21(17)2)13-6-4-5-7-14(13)25-3/h4-7,11-12H,8-10H2,1-3H3,(H,18,22)/t11-,12+/m0/s1. The molecule has 0 unspecified atom stereocenters. The van der Waals surface area contributed by atoms with Crippen LogP contribution in [0.15, 0.2) is 29.4 Å². The van der Waals surface area contributed by atoms with E-state index in [0.717, 1.165) is 5.56 Å². The summed E-state index contributed by atoms with van der Waals surface area (Å²) in [6.07, 6.45) is 0.466. The number of rotatable bonds is 6. The molecule has 1 fully saturated rings. The van der Waals surface area contributed by atoms with E-state index in [1.807, 2.05) is 35.9 Å². The maximum absolute atomic E-state index is 12.4. The number of nitrogens with zero attached hydrogens (tertiary/aromatic N) is 3. The number of hydrogen-bond donors (Lipinski definition) is 1. The molecule has 1 aliphatic heterocycles. The fourth-order valence-corrected chi connectivity index (χ4v) is 5.42. The van der Waals surface area contributed by atoms with Gasteiger partial charge in [0.15, 0.2) is 20.8 Å². The molecule has 2 atom stereocenters. The van der Waals surface area contributed by atoms with Gasteiger partial charge in [-0.25, -0.2) is 8.42 Å². The van der Waals surface area contributed by atoms with Crippen LogP contribution in [0.5, 0.6) is 5.75 Å². The summed E-state index contributed by atoms with van der Waals surface area (Å²) in [7, 11) is 0.403. The first-order valence-electron chi connectivity index (χ1n) is 8.51. The number of benzene rings is 1. The third-order valence-corrected chi connectivity index (χ3v) is 7.31. The molecule has 1 aliphatic rings. The lowest BCUT2D eigenvalue weighted by Gasteiger charge is -2.15. The summed E-state index contributed by atoms with van der Waals surface area (Å²) in [6.45, 7) is 1.76. The highest BCUT2D eigenvalue weighted by atomic mass is 32.2. The highest BCUT2D eigenvalue weighted by Crippen LogP contribution is 2.31. The molecular weight excluding hydrogens is 388 g/mol. The lowest BCUT2D eigenvalue weighted by atomic mass is 10.2. The average Bonchev–Trinajstić information content (AvgIpc) is 3.16. The number of amides is 1. The normalized spacial score (nSPS) is 19.6. The molecule has 1 amide bonds. The minimum absolute atomic E-state index is 0.0119. The van der Waals surface area contributed by atoms with E-state index in [1.54, 1.807) is 14.0 Å². The van der Waals surface area contributed by atoms with Crippen molar-refractivity contribution in [1.82, 2.24) is 20.1 Å². The second kappa shape index (κ2) is 7.89. The van der Waals surface area contributed by atoms with Gasteiger partial charge in [0.2, 0.25) is 5.91 Å². The molecule has 8 nitrogen and oxygen atoms in total. The van der Waals surface area contributed by atoms with Crippen molar-refractivity contribution in [1.29, 1.82) is 0 Å². The summed E-state index contributed by atoms with van der Waals surface area (Å²) >= 11 is 1.28. The summed E-state index contributed by atoms with van der Waals surface area (Å²) in [6, 6.07) is 7.21. The lowest BCUT2D eigenvalue weighted by molar-refractivity contribution is -0.120. The van der Waals surface area contributed by atoms with E-state index in [2.05, 4.69) is 15.5 Å². The van der Waals surface area contributed by atoms with Crippen LogP contribution < -0.4 is 10.1 Å². The van der Waals surface area contributed by atoms with E-state index < -0.39 is 15.1 Å². The molecule has 2 aromatic rings. The number of thioether (sulfide) groups is 1. The van der Waals surface area contributed by atoms with E-state index in [9.17, 15) is 13.2 Å². The summed E-state index contributed by atoms with van der Waals surface area (Å²) in [5.41, 5.74) is 0.815. The molecule has 0 bridgehead atoms. The SMILES string of the molecule is COc1ccccc1-c1nnc(S[C@@H](C)C(=O)N[C@@H]2CCS(=O)(=O)C2)n1C. The summed E-state index contributed by atoms with van der Waals surface area (Å²) in [5.74, 6) is 1.27. The van der Waals surface area contributed by atoms with Gasteiger partial charge in [-0.15, -0.1) is 10.2 Å². The Kier molecular flexibility index (Phi) is 5.75. The van der Waals surface area contributed by atoms with Gasteiger partial charge in [-0.05, 0) is 25.5 Å². The number of sulfone groups is 1. The Morgan fingerprint density at radius 1 is 1.37 bits per heavy atom. The molecule has 0 aliphatic carbocycles. The molecule has 146 valence electrons. The van der Waals surface area contributed by atoms with Gasteiger partial charge >= 0.3 is 0 Å². The van der Waals surface area contributed by atoms with Crippen molar-refractivity contribution < 1.29 is 17.9 Å². The Morgan fingerprint density at radius 2 is 2.11 bits per heavy atom. The molecule has 1 N–H and O–H groups in total. The largest absolute Gasteiger partial charge is 0.496 e. The zero-order chi connectivity index (χ0) is 19.6. The molecule has 1 aromatic carbocycles. The molecule has 1 aromatic heterocycles. The van der Waals surface area contributed by atoms with Crippen LogP contribution in [0.1, 0.15) is 13.3 Å². The average molecular weight is 411 g/mol. The van der Waals surface area contributed by atoms with Crippen molar-refractivity contribution >= 4 is 27.5 Å². The van der Waals surface area contributed by atoms with Gasteiger partial charge in [0.25, 0.3) is 0 Å². The van der Waals surface area contributed by atoms with E-state index >= 15 is 0 Å². The number of hydrogen-bond acceptors (Lipinski definition) is 7. The molecule has 2 heterocycles. The third kappa shape index (κ3) is 4.44. The molecule has 1 saturated heterocycles. The van der Waals surface area contributed by atoms with E-state index in [-0.39, 0.29) is 23.5 Å². The van der Waals surface area contributed by atoms with Crippen molar-refractivity contribution in [2.24, 2.45) is 7.05 Å². The number of aromatic nitrogens is 3. The first-order valence-corrected chi connectivity index (χ1v) is 11.2. The molecule has 0 radical (unpaired) electrons. The predicted octanol–water partition coefficient (Wildman–Crippen LogP) is 1.27. The van der Waals surface area contributed by atoms with E-state index in [1.165, 1.54) is 11.8 Å². The van der Waals surface area contributed by atoms with Crippen molar-refractivity contribution in [2.75, 3.05) is 18.6 Å². The van der Waals surface area contributed by atoms with Gasteiger partial charge in [0, 0.05) is 13.1 Å². The predicted molar refractivity (Wildman–Crippen MR) is 104 cm³/mol. The van der Waals surface area contributed by atoms with Crippen LogP contribution in [0.4, 0.5) is 0 Å². The van der Waals surface area contributed by atoms with Gasteiger partial charge in [-0.2, -0.15) is 0 Å². The van der Waals surface area contributed by atoms with Crippen LogP contribution in [-0.2, 0) is 21.7 Å². The van der Waals surface area contributed by atoms with E-state index in [4.69, 9.17) is 4.74 Å². The first-order chi connectivity index (χ1) is 12.8. The maximum Gasteiger partial charge on any atom is 0.233 e. The zero-order valence-electron chi connectivity index (χ0n) is 15.4. The number of ether oxygens (including phenoxy) is 1. The summed E-state index contributed by atoms with van der Waals surface area (Å²) < 4.78 is 30.2. The Labute approximate surface area is 162 Å². The fraction of sp³-hybridized carbons (Fsp3) is 0.471. The second-order valence-electron chi connectivity index (χ2n) is 6.43. The summed E-state index contributed by atoms with van der Waals surface area (Å²) in [4.78, 5) is 12.4. The third-order valence-electron chi connectivity index (χ3n) is 4.41. The fourth-order valence-electron chi connectivity index (χ4n) is 2.92. The van der Waals surface area contributed by atoms with E-state index in [0.29, 0.717) is 23.2 Å². The van der Waals surface area contributed by atoms with Crippen LogP contribution in [-0.4, -0.2) is 59.0 Å². The van der Waals surface area contributed by atoms with Gasteiger partial charge in [-0.3, -0.25) is 4.79 Å². The molecule has 0 spiro atoms. The van der Waals surface area contributed by atoms with Crippen LogP contribution in [0.2, 0.25) is 0 Å². The zero-order valence-corrected chi connectivity index (χ0v) is 17.0. The minimum atomic E-state index is -3.03. The van der Waals surface area contributed by atoms with Crippen LogP contribution in [0.25, 0.3) is 11.4 Å². The molecular formula is C17H22N4O4S2. The minimum Gasteiger partial charge on any atom is -0.496 e. The Bertz CT molecular complexity index is 942. The monoisotopic (exact) mass is 410 g/mol. The number of nitrogens with one attached hydrogen (secondary N) is 1. The van der Waals surface area contributed by atoms with Crippen LogP contribution >= 0.6 is 11.8 Å². The van der Waals surface area contributed by atoms with Crippen molar-refractivity contribution in [2.45, 2.75) is 29.8 Å². The van der Waals surface area contributed by atoms with Crippen molar-refractivity contribution in [3.63, 3.8) is 0 Å². The highest BCUT2D eigenvalue weighted by Gasteiger charge is 2.30.